The van der Waals surface area contributed by atoms with Crippen molar-refractivity contribution in [1.29, 1.82) is 0 Å². The molecule has 3 rings (SSSR count). The molecule has 0 saturated heterocycles. The van der Waals surface area contributed by atoms with Gasteiger partial charge in [0.1, 0.15) is 5.68 Å². The summed E-state index contributed by atoms with van der Waals surface area (Å²) in [5, 5.41) is 4.26. The first-order valence-electron chi connectivity index (χ1n) is 10.2. The van der Waals surface area contributed by atoms with E-state index < -0.39 is 47.4 Å². The standard InChI is InChI=1S/C22H21BF5N2O3/c1-20(2,19(33)29-11-21(24,25)22(26,27)28)18(32)23-16-14-9-4-3-7-12(14)13-8-5-6-10-15(13)30-17(16)31/h3,5-8,10,16H,4,9,11H2,1-2H3,(H,29,33)(H,30,31)/t16-/m0/s1. The number of hydrogen-bond donors (Lipinski definition) is 2. The summed E-state index contributed by atoms with van der Waals surface area (Å²) in [6.45, 7) is 0.212. The predicted molar refractivity (Wildman–Crippen MR) is 113 cm³/mol. The minimum absolute atomic E-state index is 0.479. The number of halogens is 5. The summed E-state index contributed by atoms with van der Waals surface area (Å²) in [5.74, 6) is -7.99. The van der Waals surface area contributed by atoms with Crippen LogP contribution < -0.4 is 10.6 Å². The van der Waals surface area contributed by atoms with Gasteiger partial charge in [-0.1, -0.05) is 35.9 Å². The van der Waals surface area contributed by atoms with E-state index in [4.69, 9.17) is 0 Å². The smallest absolute Gasteiger partial charge is 0.349 e. The number of carbonyl (C=O) groups is 3. The van der Waals surface area contributed by atoms with Crippen LogP contribution in [0.25, 0.3) is 5.57 Å². The summed E-state index contributed by atoms with van der Waals surface area (Å²) in [6, 6.07) is 7.08. The van der Waals surface area contributed by atoms with Crippen LogP contribution in [0.5, 0.6) is 0 Å². The van der Waals surface area contributed by atoms with E-state index in [9.17, 15) is 36.3 Å². The second kappa shape index (κ2) is 8.76. The SMILES string of the molecule is CC(C)(C(=O)[B][C@@H]1C(=O)Nc2ccccc2C2=C1CCC=C2)C(=O)NCC(F)(F)C(F)(F)F. The van der Waals surface area contributed by atoms with Crippen molar-refractivity contribution in [2.45, 2.75) is 44.6 Å². The number of benzene rings is 1. The third kappa shape index (κ3) is 4.86. The molecule has 0 spiro atoms. The number of amides is 2. The fraction of sp³-hybridized carbons (Fsp3) is 0.409. The molecule has 2 N–H and O–H groups in total. The van der Waals surface area contributed by atoms with Crippen LogP contribution in [-0.2, 0) is 14.4 Å². The molecule has 0 aromatic heterocycles. The van der Waals surface area contributed by atoms with Crippen molar-refractivity contribution >= 4 is 36.0 Å². The van der Waals surface area contributed by atoms with E-state index in [0.717, 1.165) is 32.3 Å². The minimum atomic E-state index is -5.84. The first-order chi connectivity index (χ1) is 15.3. The van der Waals surface area contributed by atoms with E-state index in [-0.39, 0.29) is 0 Å². The van der Waals surface area contributed by atoms with Crippen LogP contribution in [0.2, 0.25) is 5.82 Å². The van der Waals surface area contributed by atoms with Gasteiger partial charge in [0.05, 0.1) is 12.0 Å². The average Bonchev–Trinajstić information content (AvgIpc) is 2.86. The zero-order chi connectivity index (χ0) is 24.6. The Morgan fingerprint density at radius 3 is 2.48 bits per heavy atom. The van der Waals surface area contributed by atoms with Crippen molar-refractivity contribution in [1.82, 2.24) is 5.32 Å². The maximum absolute atomic E-state index is 13.2. The van der Waals surface area contributed by atoms with E-state index in [1.54, 1.807) is 18.2 Å². The lowest BCUT2D eigenvalue weighted by molar-refractivity contribution is -0.278. The highest BCUT2D eigenvalue weighted by atomic mass is 19.4. The van der Waals surface area contributed by atoms with Gasteiger partial charge in [-0.25, -0.2) is 0 Å². The third-order valence-electron chi connectivity index (χ3n) is 5.73. The molecule has 1 aliphatic heterocycles. The maximum Gasteiger partial charge on any atom is 0.455 e. The summed E-state index contributed by atoms with van der Waals surface area (Å²) >= 11 is 0. The molecule has 33 heavy (non-hydrogen) atoms. The van der Waals surface area contributed by atoms with Crippen LogP contribution in [0.3, 0.4) is 0 Å². The van der Waals surface area contributed by atoms with E-state index in [0.29, 0.717) is 24.1 Å². The molecule has 11 heteroatoms. The van der Waals surface area contributed by atoms with Crippen LogP contribution in [0.1, 0.15) is 32.3 Å². The van der Waals surface area contributed by atoms with Gasteiger partial charge in [-0.15, -0.1) is 0 Å². The fourth-order valence-corrected chi connectivity index (χ4v) is 3.62. The Hall–Kier alpha value is -2.98. The topological polar surface area (TPSA) is 75.3 Å². The zero-order valence-electron chi connectivity index (χ0n) is 17.9. The highest BCUT2D eigenvalue weighted by Crippen LogP contribution is 2.41. The molecule has 0 unspecified atom stereocenters. The van der Waals surface area contributed by atoms with Crippen LogP contribution >= 0.6 is 0 Å². The van der Waals surface area contributed by atoms with Gasteiger partial charge in [0.15, 0.2) is 0 Å². The number of fused-ring (bicyclic) bond motifs is 2. The lowest BCUT2D eigenvalue weighted by Gasteiger charge is -2.27. The van der Waals surface area contributed by atoms with Gasteiger partial charge in [0.2, 0.25) is 19.1 Å². The van der Waals surface area contributed by atoms with Crippen LogP contribution in [0.15, 0.2) is 42.0 Å². The van der Waals surface area contributed by atoms with Gasteiger partial charge in [-0.3, -0.25) is 9.59 Å². The van der Waals surface area contributed by atoms with E-state index >= 15 is 0 Å². The van der Waals surface area contributed by atoms with Crippen molar-refractivity contribution < 1.29 is 36.3 Å². The molecule has 1 heterocycles. The summed E-state index contributed by atoms with van der Waals surface area (Å²) in [6.07, 6.45) is -0.954. The van der Waals surface area contributed by atoms with Crippen molar-refractivity contribution in [2.75, 3.05) is 11.9 Å². The molecular weight excluding hydrogens is 446 g/mol. The normalized spacial score (nSPS) is 18.6. The molecule has 0 saturated carbocycles. The van der Waals surface area contributed by atoms with E-state index in [1.807, 2.05) is 18.2 Å². The van der Waals surface area contributed by atoms with Crippen molar-refractivity contribution in [3.63, 3.8) is 0 Å². The van der Waals surface area contributed by atoms with Gasteiger partial charge < -0.3 is 15.4 Å². The van der Waals surface area contributed by atoms with Gasteiger partial charge in [0, 0.05) is 17.1 Å². The zero-order valence-corrected chi connectivity index (χ0v) is 17.9. The molecule has 2 amide bonds. The molecule has 0 fully saturated rings. The van der Waals surface area contributed by atoms with E-state index in [2.05, 4.69) is 5.32 Å². The van der Waals surface area contributed by atoms with Crippen LogP contribution in [0, 0.1) is 5.41 Å². The van der Waals surface area contributed by atoms with Crippen LogP contribution in [0.4, 0.5) is 27.6 Å². The minimum Gasteiger partial charge on any atom is -0.349 e. The second-order valence-electron chi connectivity index (χ2n) is 8.43. The highest BCUT2D eigenvalue weighted by Gasteiger charge is 2.57. The summed E-state index contributed by atoms with van der Waals surface area (Å²) < 4.78 is 63.4. The Morgan fingerprint density at radius 1 is 1.15 bits per heavy atom. The van der Waals surface area contributed by atoms with Crippen molar-refractivity contribution in [3.8, 4) is 0 Å². The Balaban J connectivity index is 1.82. The number of para-hydroxylation sites is 1. The lowest BCUT2D eigenvalue weighted by atomic mass is 9.51. The first-order valence-corrected chi connectivity index (χ1v) is 10.2. The highest BCUT2D eigenvalue weighted by molar-refractivity contribution is 6.80. The second-order valence-corrected chi connectivity index (χ2v) is 8.43. The number of alkyl halides is 5. The lowest BCUT2D eigenvalue weighted by Crippen LogP contribution is -2.52. The molecule has 0 bridgehead atoms. The van der Waals surface area contributed by atoms with Gasteiger partial charge in [0.25, 0.3) is 0 Å². The molecule has 175 valence electrons. The number of anilines is 1. The fourth-order valence-electron chi connectivity index (χ4n) is 3.62. The predicted octanol–water partition coefficient (Wildman–Crippen LogP) is 4.10. The van der Waals surface area contributed by atoms with Gasteiger partial charge in [-0.05, 0) is 38.3 Å². The Morgan fingerprint density at radius 2 is 1.82 bits per heavy atom. The third-order valence-corrected chi connectivity index (χ3v) is 5.73. The number of allylic oxidation sites excluding steroid dienone is 3. The number of hydrogen-bond acceptors (Lipinski definition) is 3. The number of carbonyl (C=O) groups excluding carboxylic acids is 3. The van der Waals surface area contributed by atoms with E-state index in [1.165, 1.54) is 5.32 Å². The number of nitrogens with one attached hydrogen (secondary N) is 2. The monoisotopic (exact) mass is 467 g/mol. The summed E-state index contributed by atoms with van der Waals surface area (Å²) in [5.41, 5.74) is -0.109. The molecular formula is C22H21BF5N2O3. The quantitative estimate of drug-likeness (QED) is 0.376. The summed E-state index contributed by atoms with van der Waals surface area (Å²) in [4.78, 5) is 38.3. The summed E-state index contributed by atoms with van der Waals surface area (Å²) in [7, 11) is 1.04. The van der Waals surface area contributed by atoms with Gasteiger partial charge in [-0.2, -0.15) is 22.0 Å². The maximum atomic E-state index is 13.2. The molecule has 1 aromatic carbocycles. The largest absolute Gasteiger partial charge is 0.455 e. The molecule has 1 aliphatic carbocycles. The Bertz CT molecular complexity index is 1050. The Labute approximate surface area is 187 Å². The molecule has 2 aliphatic rings. The average molecular weight is 467 g/mol. The van der Waals surface area contributed by atoms with Gasteiger partial charge >= 0.3 is 12.1 Å². The molecule has 5 nitrogen and oxygen atoms in total. The molecule has 1 atom stereocenters. The Kier molecular flexibility index (Phi) is 6.54. The number of rotatable bonds is 6. The van der Waals surface area contributed by atoms with Crippen molar-refractivity contribution in [2.24, 2.45) is 5.41 Å². The van der Waals surface area contributed by atoms with Crippen LogP contribution in [-0.4, -0.2) is 43.4 Å². The molecule has 1 aromatic rings. The molecule has 1 radical (unpaired) electrons. The van der Waals surface area contributed by atoms with Crippen molar-refractivity contribution in [3.05, 3.63) is 47.6 Å². The first kappa shape index (κ1) is 24.7.